The van der Waals surface area contributed by atoms with Crippen LogP contribution in [-0.2, 0) is 4.79 Å². The van der Waals surface area contributed by atoms with Crippen molar-refractivity contribution in [3.05, 3.63) is 29.8 Å². The number of nitrogens with one attached hydrogen (secondary N) is 1. The minimum atomic E-state index is -2.87. The number of hydrogen-bond donors (Lipinski definition) is 2. The van der Waals surface area contributed by atoms with Crippen molar-refractivity contribution in [3.8, 4) is 5.75 Å². The van der Waals surface area contributed by atoms with E-state index in [1.54, 1.807) is 19.1 Å². The Kier molecular flexibility index (Phi) is 6.55. The van der Waals surface area contributed by atoms with Crippen LogP contribution in [0.1, 0.15) is 38.8 Å². The van der Waals surface area contributed by atoms with Gasteiger partial charge in [-0.15, -0.1) is 0 Å². The maximum atomic E-state index is 12.2. The number of benzene rings is 1. The first-order valence-corrected chi connectivity index (χ1v) is 6.90. The molecule has 0 aliphatic rings. The van der Waals surface area contributed by atoms with Crippen LogP contribution < -0.4 is 15.8 Å². The van der Waals surface area contributed by atoms with Gasteiger partial charge in [-0.25, -0.2) is 0 Å². The minimum absolute atomic E-state index is 0.0649. The Morgan fingerprint density at radius 2 is 2.00 bits per heavy atom. The van der Waals surface area contributed by atoms with E-state index in [1.807, 2.05) is 13.8 Å². The molecule has 6 heteroatoms. The average Bonchev–Trinajstić information content (AvgIpc) is 2.37. The molecule has 0 fully saturated rings. The van der Waals surface area contributed by atoms with Crippen molar-refractivity contribution in [2.24, 2.45) is 11.7 Å². The third-order valence-corrected chi connectivity index (χ3v) is 3.00. The topological polar surface area (TPSA) is 64.4 Å². The second-order valence-corrected chi connectivity index (χ2v) is 5.42. The van der Waals surface area contributed by atoms with Gasteiger partial charge in [0.15, 0.2) is 0 Å². The summed E-state index contributed by atoms with van der Waals surface area (Å²) in [5.41, 5.74) is 6.48. The zero-order valence-electron chi connectivity index (χ0n) is 12.5. The third-order valence-electron chi connectivity index (χ3n) is 3.00. The van der Waals surface area contributed by atoms with E-state index >= 15 is 0 Å². The van der Waals surface area contributed by atoms with E-state index in [2.05, 4.69) is 10.1 Å². The lowest BCUT2D eigenvalue weighted by atomic mass is 10.0. The Morgan fingerprint density at radius 1 is 1.33 bits per heavy atom. The van der Waals surface area contributed by atoms with E-state index in [0.717, 1.165) is 0 Å². The fraction of sp³-hybridized carbons (Fsp3) is 0.533. The molecule has 0 aliphatic carbocycles. The van der Waals surface area contributed by atoms with Crippen molar-refractivity contribution in [1.29, 1.82) is 0 Å². The van der Waals surface area contributed by atoms with Crippen LogP contribution in [0.3, 0.4) is 0 Å². The molecular weight excluding hydrogens is 278 g/mol. The van der Waals surface area contributed by atoms with Crippen molar-refractivity contribution in [2.45, 2.75) is 45.9 Å². The van der Waals surface area contributed by atoms with Gasteiger partial charge in [0.1, 0.15) is 5.75 Å². The number of rotatable bonds is 7. The standard InChI is InChI=1S/C15H22F2N2O2/c1-9(2)7-13(18)14(20)19-10(3)11-5-4-6-12(8-11)21-15(16)17/h4-6,8-10,13,15H,7,18H2,1-3H3,(H,19,20). The van der Waals surface area contributed by atoms with Crippen LogP contribution in [0.4, 0.5) is 8.78 Å². The zero-order valence-corrected chi connectivity index (χ0v) is 12.5. The monoisotopic (exact) mass is 300 g/mol. The fourth-order valence-electron chi connectivity index (χ4n) is 1.98. The van der Waals surface area contributed by atoms with Gasteiger partial charge in [-0.3, -0.25) is 4.79 Å². The predicted molar refractivity (Wildman–Crippen MR) is 77.1 cm³/mol. The normalized spacial score (nSPS) is 14.1. The molecule has 1 amide bonds. The molecule has 0 aromatic heterocycles. The molecule has 4 nitrogen and oxygen atoms in total. The number of nitrogens with two attached hydrogens (primary N) is 1. The van der Waals surface area contributed by atoms with E-state index in [1.165, 1.54) is 12.1 Å². The van der Waals surface area contributed by atoms with Crippen molar-refractivity contribution >= 4 is 5.91 Å². The molecule has 1 rings (SSSR count). The molecule has 118 valence electrons. The van der Waals surface area contributed by atoms with Crippen LogP contribution in [0.5, 0.6) is 5.75 Å². The number of amides is 1. The molecule has 2 unspecified atom stereocenters. The summed E-state index contributed by atoms with van der Waals surface area (Å²) in [4.78, 5) is 11.9. The highest BCUT2D eigenvalue weighted by atomic mass is 19.3. The molecule has 0 aliphatic heterocycles. The van der Waals surface area contributed by atoms with Gasteiger partial charge in [0.25, 0.3) is 0 Å². The van der Waals surface area contributed by atoms with Crippen LogP contribution >= 0.6 is 0 Å². The largest absolute Gasteiger partial charge is 0.435 e. The van der Waals surface area contributed by atoms with E-state index in [-0.39, 0.29) is 17.7 Å². The lowest BCUT2D eigenvalue weighted by molar-refractivity contribution is -0.123. The van der Waals surface area contributed by atoms with Crippen LogP contribution in [0.15, 0.2) is 24.3 Å². The summed E-state index contributed by atoms with van der Waals surface area (Å²) < 4.78 is 28.7. The van der Waals surface area contributed by atoms with Crippen molar-refractivity contribution < 1.29 is 18.3 Å². The number of hydrogen-bond acceptors (Lipinski definition) is 3. The Bertz CT molecular complexity index is 467. The highest BCUT2D eigenvalue weighted by Crippen LogP contribution is 2.20. The number of ether oxygens (including phenoxy) is 1. The van der Waals surface area contributed by atoms with Crippen LogP contribution in [-0.4, -0.2) is 18.6 Å². The first-order valence-electron chi connectivity index (χ1n) is 6.90. The van der Waals surface area contributed by atoms with Gasteiger partial charge in [-0.1, -0.05) is 26.0 Å². The number of carbonyl (C=O) groups excluding carboxylic acids is 1. The van der Waals surface area contributed by atoms with Gasteiger partial charge in [0, 0.05) is 0 Å². The summed E-state index contributed by atoms with van der Waals surface area (Å²) in [5, 5.41) is 2.77. The molecule has 0 bridgehead atoms. The van der Waals surface area contributed by atoms with E-state index in [4.69, 9.17) is 5.73 Å². The van der Waals surface area contributed by atoms with Gasteiger partial charge in [0.2, 0.25) is 5.91 Å². The molecule has 3 N–H and O–H groups in total. The molecule has 21 heavy (non-hydrogen) atoms. The summed E-state index contributed by atoms with van der Waals surface area (Å²) in [6, 6.07) is 5.34. The highest BCUT2D eigenvalue weighted by Gasteiger charge is 2.18. The lowest BCUT2D eigenvalue weighted by Crippen LogP contribution is -2.42. The molecule has 1 aromatic rings. The summed E-state index contributed by atoms with van der Waals surface area (Å²) in [7, 11) is 0. The maximum Gasteiger partial charge on any atom is 0.387 e. The Morgan fingerprint density at radius 3 is 2.57 bits per heavy atom. The smallest absolute Gasteiger partial charge is 0.387 e. The van der Waals surface area contributed by atoms with Gasteiger partial charge < -0.3 is 15.8 Å². The molecule has 1 aromatic carbocycles. The SMILES string of the molecule is CC(C)CC(N)C(=O)NC(C)c1cccc(OC(F)F)c1. The fourth-order valence-corrected chi connectivity index (χ4v) is 1.98. The molecule has 0 spiro atoms. The number of halogens is 2. The van der Waals surface area contributed by atoms with Gasteiger partial charge >= 0.3 is 6.61 Å². The molecule has 0 saturated carbocycles. The minimum Gasteiger partial charge on any atom is -0.435 e. The van der Waals surface area contributed by atoms with Crippen molar-refractivity contribution in [3.63, 3.8) is 0 Å². The number of carbonyl (C=O) groups is 1. The van der Waals surface area contributed by atoms with Crippen molar-refractivity contribution in [2.75, 3.05) is 0 Å². The third kappa shape index (κ3) is 6.08. The average molecular weight is 300 g/mol. The van der Waals surface area contributed by atoms with Crippen molar-refractivity contribution in [1.82, 2.24) is 5.32 Å². The van der Waals surface area contributed by atoms with Crippen LogP contribution in [0.25, 0.3) is 0 Å². The highest BCUT2D eigenvalue weighted by molar-refractivity contribution is 5.81. The van der Waals surface area contributed by atoms with Gasteiger partial charge in [-0.2, -0.15) is 8.78 Å². The Hall–Kier alpha value is -1.69. The first-order chi connectivity index (χ1) is 9.79. The molecule has 0 saturated heterocycles. The molecule has 0 heterocycles. The molecule has 2 atom stereocenters. The Balaban J connectivity index is 2.66. The summed E-state index contributed by atoms with van der Waals surface area (Å²) in [5.74, 6) is 0.135. The van der Waals surface area contributed by atoms with E-state index in [9.17, 15) is 13.6 Å². The predicted octanol–water partition coefficient (Wildman–Crippen LogP) is 2.84. The second-order valence-electron chi connectivity index (χ2n) is 5.42. The maximum absolute atomic E-state index is 12.2. The summed E-state index contributed by atoms with van der Waals surface area (Å²) in [6.07, 6.45) is 0.590. The molecular formula is C15H22F2N2O2. The quantitative estimate of drug-likeness (QED) is 0.814. The summed E-state index contributed by atoms with van der Waals surface area (Å²) in [6.45, 7) is 2.87. The molecule has 0 radical (unpaired) electrons. The number of alkyl halides is 2. The van der Waals surface area contributed by atoms with E-state index in [0.29, 0.717) is 17.9 Å². The lowest BCUT2D eigenvalue weighted by Gasteiger charge is -2.19. The van der Waals surface area contributed by atoms with Crippen LogP contribution in [0, 0.1) is 5.92 Å². The van der Waals surface area contributed by atoms with Gasteiger partial charge in [-0.05, 0) is 37.0 Å². The zero-order chi connectivity index (χ0) is 16.0. The Labute approximate surface area is 123 Å². The summed E-state index contributed by atoms with van der Waals surface area (Å²) >= 11 is 0. The second kappa shape index (κ2) is 7.93. The van der Waals surface area contributed by atoms with Gasteiger partial charge in [0.05, 0.1) is 12.1 Å². The first kappa shape index (κ1) is 17.4. The van der Waals surface area contributed by atoms with E-state index < -0.39 is 12.7 Å². The van der Waals surface area contributed by atoms with Crippen LogP contribution in [0.2, 0.25) is 0 Å².